The van der Waals surface area contributed by atoms with Crippen LogP contribution in [-0.4, -0.2) is 50.0 Å². The van der Waals surface area contributed by atoms with Crippen LogP contribution in [0.25, 0.3) is 28.5 Å². The van der Waals surface area contributed by atoms with Crippen molar-refractivity contribution in [1.29, 1.82) is 0 Å². The number of benzene rings is 2. The van der Waals surface area contributed by atoms with Gasteiger partial charge in [-0.3, -0.25) is 20.0 Å². The molecule has 0 radical (unpaired) electrons. The lowest BCUT2D eigenvalue weighted by molar-refractivity contribution is -0.130. The van der Waals surface area contributed by atoms with Gasteiger partial charge in [-0.25, -0.2) is 4.98 Å². The van der Waals surface area contributed by atoms with E-state index in [-0.39, 0.29) is 23.7 Å². The van der Waals surface area contributed by atoms with Crippen molar-refractivity contribution in [3.63, 3.8) is 0 Å². The molecular formula is C26H24N6O2. The molecule has 0 spiro atoms. The monoisotopic (exact) mass is 452 g/mol. The van der Waals surface area contributed by atoms with E-state index in [4.69, 9.17) is 0 Å². The minimum atomic E-state index is -0.192. The first-order chi connectivity index (χ1) is 16.7. The Bertz CT molecular complexity index is 1340. The first-order valence-electron chi connectivity index (χ1n) is 11.3. The minimum absolute atomic E-state index is 0.0378. The molecule has 170 valence electrons. The second kappa shape index (κ2) is 9.66. The molecule has 1 aliphatic rings. The van der Waals surface area contributed by atoms with Crippen LogP contribution in [0.5, 0.6) is 0 Å². The Kier molecular flexibility index (Phi) is 6.11. The summed E-state index contributed by atoms with van der Waals surface area (Å²) in [5.74, 6) is 0.349. The van der Waals surface area contributed by atoms with Gasteiger partial charge in [-0.2, -0.15) is 4.98 Å². The molecule has 4 aromatic rings. The van der Waals surface area contributed by atoms with Crippen LogP contribution < -0.4 is 5.32 Å². The van der Waals surface area contributed by atoms with Gasteiger partial charge in [0.25, 0.3) is 0 Å². The van der Waals surface area contributed by atoms with Crippen molar-refractivity contribution in [3.8, 4) is 11.5 Å². The molecule has 0 aliphatic carbocycles. The first kappa shape index (κ1) is 21.5. The predicted molar refractivity (Wildman–Crippen MR) is 131 cm³/mol. The van der Waals surface area contributed by atoms with Crippen LogP contribution in [0.3, 0.4) is 0 Å². The van der Waals surface area contributed by atoms with E-state index in [2.05, 4.69) is 25.5 Å². The molecule has 8 heteroatoms. The number of hydrogen-bond acceptors (Lipinski definition) is 5. The molecule has 34 heavy (non-hydrogen) atoms. The highest BCUT2D eigenvalue weighted by Gasteiger charge is 2.27. The van der Waals surface area contributed by atoms with Gasteiger partial charge in [-0.15, -0.1) is 5.10 Å². The topological polar surface area (TPSA) is 104 Å². The molecule has 1 fully saturated rings. The lowest BCUT2D eigenvalue weighted by Gasteiger charge is -2.30. The Morgan fingerprint density at radius 3 is 2.53 bits per heavy atom. The maximum absolute atomic E-state index is 12.7. The van der Waals surface area contributed by atoms with Gasteiger partial charge in [-0.1, -0.05) is 54.6 Å². The van der Waals surface area contributed by atoms with Crippen LogP contribution in [0.4, 0.5) is 5.95 Å². The normalized spacial score (nSPS) is 14.5. The fourth-order valence-corrected chi connectivity index (χ4v) is 4.04. The van der Waals surface area contributed by atoms with Crippen LogP contribution in [-0.2, 0) is 9.59 Å². The molecule has 1 saturated heterocycles. The zero-order chi connectivity index (χ0) is 23.3. The number of aromatic nitrogens is 4. The predicted octanol–water partition coefficient (Wildman–Crippen LogP) is 3.91. The number of carbonyl (C=O) groups excluding carboxylic acids is 2. The fourth-order valence-electron chi connectivity index (χ4n) is 4.04. The molecule has 8 nitrogen and oxygen atoms in total. The number of carbonyl (C=O) groups is 2. The number of likely N-dealkylation sites (tertiary alicyclic amines) is 1. The summed E-state index contributed by atoms with van der Waals surface area (Å²) >= 11 is 0. The summed E-state index contributed by atoms with van der Waals surface area (Å²) in [6, 6.07) is 21.4. The van der Waals surface area contributed by atoms with Gasteiger partial charge in [0, 0.05) is 30.5 Å². The van der Waals surface area contributed by atoms with Crippen molar-refractivity contribution < 1.29 is 9.59 Å². The second-order valence-electron chi connectivity index (χ2n) is 8.23. The third-order valence-corrected chi connectivity index (χ3v) is 5.96. The average Bonchev–Trinajstić information content (AvgIpc) is 3.36. The number of fused-ring (bicyclic) bond motifs is 1. The van der Waals surface area contributed by atoms with Crippen LogP contribution in [0.15, 0.2) is 72.8 Å². The van der Waals surface area contributed by atoms with E-state index in [0.717, 1.165) is 16.5 Å². The average molecular weight is 453 g/mol. The van der Waals surface area contributed by atoms with E-state index in [1.807, 2.05) is 72.8 Å². The zero-order valence-corrected chi connectivity index (χ0v) is 18.5. The maximum atomic E-state index is 12.7. The quantitative estimate of drug-likeness (QED) is 0.447. The number of piperidine rings is 1. The minimum Gasteiger partial charge on any atom is -0.339 e. The highest BCUT2D eigenvalue weighted by atomic mass is 16.2. The van der Waals surface area contributed by atoms with Crippen molar-refractivity contribution in [2.45, 2.75) is 12.8 Å². The fraction of sp³-hybridized carbons (Fsp3) is 0.192. The number of nitrogens with one attached hydrogen (secondary N) is 2. The van der Waals surface area contributed by atoms with Gasteiger partial charge in [0.15, 0.2) is 5.82 Å². The Labute approximate surface area is 196 Å². The molecule has 2 aromatic carbocycles. The Balaban J connectivity index is 1.15. The van der Waals surface area contributed by atoms with Crippen molar-refractivity contribution in [2.24, 2.45) is 5.92 Å². The van der Waals surface area contributed by atoms with Crippen molar-refractivity contribution in [3.05, 3.63) is 78.4 Å². The van der Waals surface area contributed by atoms with E-state index in [1.165, 1.54) is 0 Å². The Hall–Kier alpha value is -4.33. The van der Waals surface area contributed by atoms with Gasteiger partial charge in [0.2, 0.25) is 17.8 Å². The van der Waals surface area contributed by atoms with Crippen molar-refractivity contribution in [2.75, 3.05) is 18.4 Å². The summed E-state index contributed by atoms with van der Waals surface area (Å²) in [7, 11) is 0. The number of anilines is 1. The third-order valence-electron chi connectivity index (χ3n) is 5.96. The molecule has 0 saturated carbocycles. The van der Waals surface area contributed by atoms with Crippen molar-refractivity contribution >= 4 is 34.7 Å². The van der Waals surface area contributed by atoms with E-state index >= 15 is 0 Å². The molecule has 2 N–H and O–H groups in total. The Morgan fingerprint density at radius 1 is 0.941 bits per heavy atom. The second-order valence-corrected chi connectivity index (χ2v) is 8.23. The number of pyridine rings is 1. The first-order valence-corrected chi connectivity index (χ1v) is 11.3. The van der Waals surface area contributed by atoms with Gasteiger partial charge in [0.1, 0.15) is 5.69 Å². The molecule has 2 amide bonds. The van der Waals surface area contributed by atoms with Crippen LogP contribution >= 0.6 is 0 Å². The van der Waals surface area contributed by atoms with E-state index in [0.29, 0.717) is 37.4 Å². The molecule has 3 heterocycles. The molecule has 0 bridgehead atoms. The summed E-state index contributed by atoms with van der Waals surface area (Å²) in [5.41, 5.74) is 2.50. The van der Waals surface area contributed by atoms with Crippen LogP contribution in [0.1, 0.15) is 18.4 Å². The lowest BCUT2D eigenvalue weighted by atomic mass is 9.96. The summed E-state index contributed by atoms with van der Waals surface area (Å²) in [6.45, 7) is 1.08. The van der Waals surface area contributed by atoms with Crippen LogP contribution in [0.2, 0.25) is 0 Å². The standard InChI is InChI=1S/C26H24N6O2/c33-23(13-10-18-6-2-1-3-7-18)32-16-14-20(15-17-32)25(34)29-26-28-24(30-31-26)22-12-11-19-8-4-5-9-21(19)27-22/h1-13,20H,14-17H2,(H2,28,29,30,31,34). The lowest BCUT2D eigenvalue weighted by Crippen LogP contribution is -2.40. The van der Waals surface area contributed by atoms with Crippen molar-refractivity contribution in [1.82, 2.24) is 25.1 Å². The number of rotatable bonds is 5. The number of amides is 2. The smallest absolute Gasteiger partial charge is 0.249 e. The van der Waals surface area contributed by atoms with Gasteiger partial charge >= 0.3 is 0 Å². The summed E-state index contributed by atoms with van der Waals surface area (Å²) in [5, 5.41) is 10.8. The summed E-state index contributed by atoms with van der Waals surface area (Å²) in [4.78, 5) is 36.0. The zero-order valence-electron chi connectivity index (χ0n) is 18.5. The third kappa shape index (κ3) is 4.85. The maximum Gasteiger partial charge on any atom is 0.249 e. The molecule has 0 atom stereocenters. The van der Waals surface area contributed by atoms with Crippen LogP contribution in [0, 0.1) is 5.92 Å². The highest BCUT2D eigenvalue weighted by molar-refractivity contribution is 5.93. The van der Waals surface area contributed by atoms with Gasteiger partial charge in [0.05, 0.1) is 5.52 Å². The number of nitrogens with zero attached hydrogens (tertiary/aromatic N) is 4. The number of hydrogen-bond donors (Lipinski definition) is 2. The molecular weight excluding hydrogens is 428 g/mol. The number of aromatic amines is 1. The van der Waals surface area contributed by atoms with E-state index in [1.54, 1.807) is 11.0 Å². The summed E-state index contributed by atoms with van der Waals surface area (Å²) in [6.07, 6.45) is 4.60. The highest BCUT2D eigenvalue weighted by Crippen LogP contribution is 2.21. The van der Waals surface area contributed by atoms with Gasteiger partial charge in [-0.05, 0) is 36.6 Å². The largest absolute Gasteiger partial charge is 0.339 e. The van der Waals surface area contributed by atoms with Gasteiger partial charge < -0.3 is 4.90 Å². The molecule has 1 aliphatic heterocycles. The van der Waals surface area contributed by atoms with E-state index in [9.17, 15) is 9.59 Å². The number of H-pyrrole nitrogens is 1. The molecule has 2 aromatic heterocycles. The summed E-state index contributed by atoms with van der Waals surface area (Å²) < 4.78 is 0. The SMILES string of the molecule is O=C(Nc1n[nH]c(-c2ccc3ccccc3n2)n1)C1CCN(C(=O)C=Cc2ccccc2)CC1. The number of para-hydroxylation sites is 1. The van der Waals surface area contributed by atoms with E-state index < -0.39 is 0 Å². The molecule has 5 rings (SSSR count). The molecule has 0 unspecified atom stereocenters. The Morgan fingerprint density at radius 2 is 1.71 bits per heavy atom.